The molecule has 1 aromatic rings. The van der Waals surface area contributed by atoms with Crippen LogP contribution in [0.3, 0.4) is 0 Å². The summed E-state index contributed by atoms with van der Waals surface area (Å²) in [5, 5.41) is 9.35. The molecule has 2 rings (SSSR count). The molecule has 0 aromatic heterocycles. The molecule has 1 saturated heterocycles. The third kappa shape index (κ3) is 3.05. The number of rotatable bonds is 5. The van der Waals surface area contributed by atoms with Crippen LogP contribution in [0.1, 0.15) is 23.6 Å². The molecule has 0 aliphatic carbocycles. The summed E-state index contributed by atoms with van der Waals surface area (Å²) in [5.41, 5.74) is 1.07. The highest BCUT2D eigenvalue weighted by Gasteiger charge is 2.44. The Morgan fingerprint density at radius 3 is 2.81 bits per heavy atom. The lowest BCUT2D eigenvalue weighted by Crippen LogP contribution is -2.33. The summed E-state index contributed by atoms with van der Waals surface area (Å²) in [6.07, 6.45) is -0.0415. The van der Waals surface area contributed by atoms with Crippen LogP contribution in [0, 0.1) is 18.7 Å². The van der Waals surface area contributed by atoms with E-state index in [1.54, 1.807) is 19.1 Å². The van der Waals surface area contributed by atoms with E-state index < -0.39 is 17.9 Å². The van der Waals surface area contributed by atoms with Gasteiger partial charge in [0, 0.05) is 20.1 Å². The van der Waals surface area contributed by atoms with Crippen LogP contribution in [0.5, 0.6) is 0 Å². The second kappa shape index (κ2) is 6.22. The van der Waals surface area contributed by atoms with Crippen LogP contribution in [-0.4, -0.2) is 42.1 Å². The van der Waals surface area contributed by atoms with Gasteiger partial charge < -0.3 is 14.7 Å². The Hall–Kier alpha value is -1.95. The summed E-state index contributed by atoms with van der Waals surface area (Å²) in [6.45, 7) is 2.26. The van der Waals surface area contributed by atoms with Crippen molar-refractivity contribution in [2.45, 2.75) is 19.4 Å². The predicted molar refractivity (Wildman–Crippen MR) is 73.2 cm³/mol. The zero-order valence-corrected chi connectivity index (χ0v) is 12.0. The van der Waals surface area contributed by atoms with E-state index in [4.69, 9.17) is 4.74 Å². The minimum Gasteiger partial charge on any atom is -0.481 e. The third-order valence-electron chi connectivity index (χ3n) is 3.81. The number of carbonyl (C=O) groups excluding carboxylic acids is 1. The Morgan fingerprint density at radius 2 is 2.24 bits per heavy atom. The van der Waals surface area contributed by atoms with Gasteiger partial charge in [-0.15, -0.1) is 0 Å². The second-order valence-electron chi connectivity index (χ2n) is 5.18. The minimum atomic E-state index is -1.02. The number of nitrogens with zero attached hydrogens (tertiary/aromatic N) is 1. The summed E-state index contributed by atoms with van der Waals surface area (Å²) < 4.78 is 18.4. The molecule has 1 fully saturated rings. The summed E-state index contributed by atoms with van der Waals surface area (Å²) in [5.74, 6) is -2.40. The van der Waals surface area contributed by atoms with Gasteiger partial charge in [-0.2, -0.15) is 0 Å². The maximum absolute atomic E-state index is 13.4. The van der Waals surface area contributed by atoms with E-state index in [-0.39, 0.29) is 18.1 Å². The van der Waals surface area contributed by atoms with Crippen LogP contribution < -0.4 is 0 Å². The fourth-order valence-corrected chi connectivity index (χ4v) is 2.73. The van der Waals surface area contributed by atoms with Crippen LogP contribution in [0.15, 0.2) is 18.2 Å². The van der Waals surface area contributed by atoms with Crippen LogP contribution in [-0.2, 0) is 14.3 Å². The molecule has 21 heavy (non-hydrogen) atoms. The molecule has 5 nitrogen and oxygen atoms in total. The van der Waals surface area contributed by atoms with Gasteiger partial charge in [-0.25, -0.2) is 4.39 Å². The molecule has 0 radical (unpaired) electrons. The largest absolute Gasteiger partial charge is 0.481 e. The number of hydrogen-bond donors (Lipinski definition) is 1. The van der Waals surface area contributed by atoms with Gasteiger partial charge in [0.05, 0.1) is 18.6 Å². The van der Waals surface area contributed by atoms with Gasteiger partial charge in [0.2, 0.25) is 5.91 Å². The summed E-state index contributed by atoms with van der Waals surface area (Å²) in [4.78, 5) is 25.0. The number of benzene rings is 1. The van der Waals surface area contributed by atoms with Crippen molar-refractivity contribution < 1.29 is 23.8 Å². The lowest BCUT2D eigenvalue weighted by Gasteiger charge is -2.27. The molecule has 1 aromatic carbocycles. The van der Waals surface area contributed by atoms with E-state index in [0.29, 0.717) is 24.3 Å². The molecule has 114 valence electrons. The smallest absolute Gasteiger partial charge is 0.309 e. The molecule has 1 aliphatic rings. The van der Waals surface area contributed by atoms with Crippen molar-refractivity contribution in [1.82, 2.24) is 4.90 Å². The summed E-state index contributed by atoms with van der Waals surface area (Å²) >= 11 is 0. The average molecular weight is 295 g/mol. The van der Waals surface area contributed by atoms with E-state index in [1.165, 1.54) is 18.1 Å². The molecule has 2 unspecified atom stereocenters. The zero-order chi connectivity index (χ0) is 15.6. The number of carbonyl (C=O) groups is 2. The normalized spacial score (nSPS) is 21.9. The van der Waals surface area contributed by atoms with Gasteiger partial charge in [-0.1, -0.05) is 12.1 Å². The Morgan fingerprint density at radius 1 is 1.52 bits per heavy atom. The first-order valence-corrected chi connectivity index (χ1v) is 6.73. The van der Waals surface area contributed by atoms with Crippen molar-refractivity contribution in [2.24, 2.45) is 5.92 Å². The molecular weight excluding hydrogens is 277 g/mol. The average Bonchev–Trinajstić information content (AvgIpc) is 2.77. The monoisotopic (exact) mass is 295 g/mol. The number of hydrogen-bond acceptors (Lipinski definition) is 3. The van der Waals surface area contributed by atoms with Crippen molar-refractivity contribution >= 4 is 11.9 Å². The number of methoxy groups -OCH3 is 1. The Balaban J connectivity index is 2.38. The van der Waals surface area contributed by atoms with Gasteiger partial charge in [0.15, 0.2) is 0 Å². The van der Waals surface area contributed by atoms with Gasteiger partial charge >= 0.3 is 5.97 Å². The van der Waals surface area contributed by atoms with E-state index in [2.05, 4.69) is 0 Å². The molecule has 1 amide bonds. The number of ether oxygens (including phenoxy) is 1. The van der Waals surface area contributed by atoms with Crippen LogP contribution >= 0.6 is 0 Å². The van der Waals surface area contributed by atoms with Crippen molar-refractivity contribution in [1.29, 1.82) is 0 Å². The van der Waals surface area contributed by atoms with Gasteiger partial charge in [0.25, 0.3) is 0 Å². The second-order valence-corrected chi connectivity index (χ2v) is 5.18. The van der Waals surface area contributed by atoms with E-state index >= 15 is 0 Å². The lowest BCUT2D eigenvalue weighted by molar-refractivity contribution is -0.142. The van der Waals surface area contributed by atoms with E-state index in [1.807, 2.05) is 0 Å². The highest BCUT2D eigenvalue weighted by molar-refractivity contribution is 5.87. The molecule has 6 heteroatoms. The summed E-state index contributed by atoms with van der Waals surface area (Å²) in [6, 6.07) is 3.88. The first-order chi connectivity index (χ1) is 9.95. The molecule has 0 saturated carbocycles. The highest BCUT2D eigenvalue weighted by Crippen LogP contribution is 2.38. The van der Waals surface area contributed by atoms with Crippen molar-refractivity contribution in [2.75, 3.05) is 20.3 Å². The van der Waals surface area contributed by atoms with Crippen LogP contribution in [0.4, 0.5) is 4.39 Å². The highest BCUT2D eigenvalue weighted by atomic mass is 19.1. The number of aryl methyl sites for hydroxylation is 1. The maximum atomic E-state index is 13.4. The van der Waals surface area contributed by atoms with Gasteiger partial charge in [-0.3, -0.25) is 9.59 Å². The Kier molecular flexibility index (Phi) is 4.57. The third-order valence-corrected chi connectivity index (χ3v) is 3.81. The van der Waals surface area contributed by atoms with E-state index in [9.17, 15) is 19.1 Å². The zero-order valence-electron chi connectivity index (χ0n) is 12.0. The number of carboxylic acid groups (broad SMARTS) is 1. The van der Waals surface area contributed by atoms with Crippen LogP contribution in [0.25, 0.3) is 0 Å². The Bertz CT molecular complexity index is 561. The SMILES string of the molecule is COCCN1C(=O)CC(C(=O)O)C1c1ccc(F)c(C)c1. The fourth-order valence-electron chi connectivity index (χ4n) is 2.73. The number of halogens is 1. The topological polar surface area (TPSA) is 66.8 Å². The number of amides is 1. The maximum Gasteiger partial charge on any atom is 0.309 e. The number of aliphatic carboxylic acids is 1. The summed E-state index contributed by atoms with van der Waals surface area (Å²) in [7, 11) is 1.52. The standard InChI is InChI=1S/C15H18FNO4/c1-9-7-10(3-4-12(9)16)14-11(15(19)20)8-13(18)17(14)5-6-21-2/h3-4,7,11,14H,5-6,8H2,1-2H3,(H,19,20). The van der Waals surface area contributed by atoms with Gasteiger partial charge in [-0.05, 0) is 24.1 Å². The predicted octanol–water partition coefficient (Wildman–Crippen LogP) is 1.75. The van der Waals surface area contributed by atoms with Crippen molar-refractivity contribution in [3.8, 4) is 0 Å². The Labute approximate surface area is 122 Å². The molecule has 1 heterocycles. The molecular formula is C15H18FNO4. The first kappa shape index (κ1) is 15.4. The molecule has 0 bridgehead atoms. The molecule has 2 atom stereocenters. The fraction of sp³-hybridized carbons (Fsp3) is 0.467. The van der Waals surface area contributed by atoms with Crippen molar-refractivity contribution in [3.63, 3.8) is 0 Å². The minimum absolute atomic E-state index is 0.0415. The van der Waals surface area contributed by atoms with Crippen molar-refractivity contribution in [3.05, 3.63) is 35.1 Å². The quantitative estimate of drug-likeness (QED) is 0.898. The lowest BCUT2D eigenvalue weighted by atomic mass is 9.92. The first-order valence-electron chi connectivity index (χ1n) is 6.73. The van der Waals surface area contributed by atoms with Crippen LogP contribution in [0.2, 0.25) is 0 Å². The van der Waals surface area contributed by atoms with Gasteiger partial charge in [0.1, 0.15) is 5.82 Å². The molecule has 1 N–H and O–H groups in total. The molecule has 1 aliphatic heterocycles. The number of carboxylic acids is 1. The molecule has 0 spiro atoms. The van der Waals surface area contributed by atoms with E-state index in [0.717, 1.165) is 0 Å². The number of likely N-dealkylation sites (tertiary alicyclic amines) is 1.